The van der Waals surface area contributed by atoms with Crippen molar-refractivity contribution in [1.82, 2.24) is 0 Å². The number of esters is 2. The fourth-order valence-electron chi connectivity index (χ4n) is 1.91. The molecule has 0 unspecified atom stereocenters. The van der Waals surface area contributed by atoms with Gasteiger partial charge in [0.15, 0.2) is 0 Å². The lowest BCUT2D eigenvalue weighted by Crippen LogP contribution is -2.14. The lowest BCUT2D eigenvalue weighted by Gasteiger charge is -2.09. The molecule has 0 atom stereocenters. The Bertz CT molecular complexity index is 424. The van der Waals surface area contributed by atoms with Crippen LogP contribution in [0.4, 0.5) is 0 Å². The summed E-state index contributed by atoms with van der Waals surface area (Å²) < 4.78 is 4.80. The van der Waals surface area contributed by atoms with Crippen molar-refractivity contribution >= 4 is 11.9 Å². The number of carbonyl (C=O) groups excluding carboxylic acids is 2. The van der Waals surface area contributed by atoms with Crippen LogP contribution < -0.4 is 0 Å². The largest absolute Gasteiger partial charge is 0.389 e. The van der Waals surface area contributed by atoms with E-state index < -0.39 is 11.9 Å². The molecular formula is C14H18O3. The Balaban J connectivity index is 2.93. The summed E-state index contributed by atoms with van der Waals surface area (Å²) in [6, 6.07) is 3.82. The second-order valence-electron chi connectivity index (χ2n) is 4.29. The fraction of sp³-hybridized carbons (Fsp3) is 0.429. The molecule has 3 heteroatoms. The Morgan fingerprint density at radius 1 is 1.12 bits per heavy atom. The van der Waals surface area contributed by atoms with E-state index in [2.05, 4.69) is 0 Å². The molecule has 0 bridgehead atoms. The molecule has 0 N–H and O–H groups in total. The Morgan fingerprint density at radius 3 is 2.12 bits per heavy atom. The van der Waals surface area contributed by atoms with Crippen LogP contribution >= 0.6 is 0 Å². The van der Waals surface area contributed by atoms with E-state index >= 15 is 0 Å². The predicted molar refractivity (Wildman–Crippen MR) is 66.0 cm³/mol. The number of hydrogen-bond acceptors (Lipinski definition) is 3. The molecule has 0 amide bonds. The van der Waals surface area contributed by atoms with Crippen LogP contribution in [0.15, 0.2) is 12.1 Å². The molecule has 92 valence electrons. The van der Waals surface area contributed by atoms with Gasteiger partial charge in [-0.05, 0) is 38.3 Å². The van der Waals surface area contributed by atoms with Gasteiger partial charge in [0.2, 0.25) is 0 Å². The van der Waals surface area contributed by atoms with E-state index in [-0.39, 0.29) is 6.42 Å². The summed E-state index contributed by atoms with van der Waals surface area (Å²) >= 11 is 0. The highest BCUT2D eigenvalue weighted by Gasteiger charge is 2.17. The van der Waals surface area contributed by atoms with Crippen molar-refractivity contribution in [2.75, 3.05) is 0 Å². The molecule has 3 nitrogen and oxygen atoms in total. The van der Waals surface area contributed by atoms with E-state index in [9.17, 15) is 9.59 Å². The molecule has 0 aliphatic carbocycles. The van der Waals surface area contributed by atoms with Gasteiger partial charge >= 0.3 is 11.9 Å². The van der Waals surface area contributed by atoms with Gasteiger partial charge in [0.05, 0.1) is 5.56 Å². The SMILES string of the molecule is CCCC(=O)OC(=O)c1c(C)cc(C)cc1C. The summed E-state index contributed by atoms with van der Waals surface area (Å²) in [5.41, 5.74) is 3.28. The number of rotatable bonds is 3. The summed E-state index contributed by atoms with van der Waals surface area (Å²) in [7, 11) is 0. The third-order valence-corrected chi connectivity index (χ3v) is 2.54. The lowest BCUT2D eigenvalue weighted by molar-refractivity contribution is -0.137. The smallest absolute Gasteiger partial charge is 0.346 e. The van der Waals surface area contributed by atoms with E-state index in [0.29, 0.717) is 12.0 Å². The number of aryl methyl sites for hydroxylation is 3. The Kier molecular flexibility index (Phi) is 4.44. The third kappa shape index (κ3) is 3.41. The molecule has 0 saturated carbocycles. The van der Waals surface area contributed by atoms with Gasteiger partial charge in [0, 0.05) is 6.42 Å². The van der Waals surface area contributed by atoms with Gasteiger partial charge in [-0.3, -0.25) is 4.79 Å². The zero-order valence-electron chi connectivity index (χ0n) is 10.8. The Hall–Kier alpha value is -1.64. The topological polar surface area (TPSA) is 43.4 Å². The van der Waals surface area contributed by atoms with E-state index in [4.69, 9.17) is 4.74 Å². The lowest BCUT2D eigenvalue weighted by atomic mass is 10.00. The molecule has 0 heterocycles. The monoisotopic (exact) mass is 234 g/mol. The van der Waals surface area contributed by atoms with Crippen LogP contribution in [0.25, 0.3) is 0 Å². The maximum atomic E-state index is 11.8. The van der Waals surface area contributed by atoms with E-state index in [1.807, 2.05) is 39.8 Å². The van der Waals surface area contributed by atoms with Crippen molar-refractivity contribution in [2.45, 2.75) is 40.5 Å². The molecule has 1 rings (SSSR count). The van der Waals surface area contributed by atoms with Crippen molar-refractivity contribution in [2.24, 2.45) is 0 Å². The number of benzene rings is 1. The van der Waals surface area contributed by atoms with Crippen LogP contribution in [-0.4, -0.2) is 11.9 Å². The van der Waals surface area contributed by atoms with E-state index in [1.165, 1.54) is 0 Å². The first-order valence-electron chi connectivity index (χ1n) is 5.78. The minimum Gasteiger partial charge on any atom is -0.389 e. The second kappa shape index (κ2) is 5.62. The highest BCUT2D eigenvalue weighted by atomic mass is 16.6. The zero-order valence-corrected chi connectivity index (χ0v) is 10.8. The molecule has 1 aromatic carbocycles. The third-order valence-electron chi connectivity index (χ3n) is 2.54. The van der Waals surface area contributed by atoms with Gasteiger partial charge in [-0.15, -0.1) is 0 Å². The first-order chi connectivity index (χ1) is 7.95. The second-order valence-corrected chi connectivity index (χ2v) is 4.29. The molecule has 0 fully saturated rings. The molecule has 0 spiro atoms. The minimum absolute atomic E-state index is 0.274. The first-order valence-corrected chi connectivity index (χ1v) is 5.78. The van der Waals surface area contributed by atoms with Crippen LogP contribution in [0.5, 0.6) is 0 Å². The zero-order chi connectivity index (χ0) is 13.0. The quantitative estimate of drug-likeness (QED) is 0.596. The van der Waals surface area contributed by atoms with Gasteiger partial charge in [-0.2, -0.15) is 0 Å². The maximum Gasteiger partial charge on any atom is 0.346 e. The Morgan fingerprint density at radius 2 is 1.65 bits per heavy atom. The summed E-state index contributed by atoms with van der Waals surface area (Å²) in [5.74, 6) is -1.00. The van der Waals surface area contributed by atoms with Crippen LogP contribution in [0.3, 0.4) is 0 Å². The number of hydrogen-bond donors (Lipinski definition) is 0. The molecule has 0 saturated heterocycles. The molecular weight excluding hydrogens is 216 g/mol. The molecule has 0 aliphatic heterocycles. The average Bonchev–Trinajstić information content (AvgIpc) is 2.15. The van der Waals surface area contributed by atoms with Crippen LogP contribution in [0.2, 0.25) is 0 Å². The number of ether oxygens (including phenoxy) is 1. The predicted octanol–water partition coefficient (Wildman–Crippen LogP) is 3.10. The van der Waals surface area contributed by atoms with Crippen LogP contribution in [0.1, 0.15) is 46.8 Å². The average molecular weight is 234 g/mol. The van der Waals surface area contributed by atoms with E-state index in [0.717, 1.165) is 16.7 Å². The highest BCUT2D eigenvalue weighted by Crippen LogP contribution is 2.17. The first kappa shape index (κ1) is 13.4. The molecule has 0 radical (unpaired) electrons. The van der Waals surface area contributed by atoms with Crippen molar-refractivity contribution in [3.8, 4) is 0 Å². The minimum atomic E-state index is -0.543. The highest BCUT2D eigenvalue weighted by molar-refractivity contribution is 5.99. The van der Waals surface area contributed by atoms with Gasteiger partial charge in [-0.25, -0.2) is 4.79 Å². The molecule has 1 aromatic rings. The van der Waals surface area contributed by atoms with Crippen molar-refractivity contribution in [3.63, 3.8) is 0 Å². The fourth-order valence-corrected chi connectivity index (χ4v) is 1.91. The summed E-state index contributed by atoms with van der Waals surface area (Å²) in [4.78, 5) is 23.1. The summed E-state index contributed by atoms with van der Waals surface area (Å²) in [6.07, 6.45) is 0.952. The van der Waals surface area contributed by atoms with Gasteiger partial charge in [0.1, 0.15) is 0 Å². The van der Waals surface area contributed by atoms with Gasteiger partial charge < -0.3 is 4.74 Å². The van der Waals surface area contributed by atoms with Gasteiger partial charge in [0.25, 0.3) is 0 Å². The number of carbonyl (C=O) groups is 2. The summed E-state index contributed by atoms with van der Waals surface area (Å²) in [5, 5.41) is 0. The maximum absolute atomic E-state index is 11.8. The van der Waals surface area contributed by atoms with Gasteiger partial charge in [-0.1, -0.05) is 24.6 Å². The van der Waals surface area contributed by atoms with E-state index in [1.54, 1.807) is 0 Å². The van der Waals surface area contributed by atoms with Crippen LogP contribution in [0, 0.1) is 20.8 Å². The Labute approximate surface area is 102 Å². The van der Waals surface area contributed by atoms with Crippen molar-refractivity contribution in [1.29, 1.82) is 0 Å². The van der Waals surface area contributed by atoms with Crippen molar-refractivity contribution in [3.05, 3.63) is 34.4 Å². The normalized spacial score (nSPS) is 10.1. The van der Waals surface area contributed by atoms with Crippen LogP contribution in [-0.2, 0) is 9.53 Å². The molecule has 0 aliphatic rings. The molecule has 17 heavy (non-hydrogen) atoms. The summed E-state index contributed by atoms with van der Waals surface area (Å²) in [6.45, 7) is 7.53. The molecule has 0 aromatic heterocycles. The standard InChI is InChI=1S/C14H18O3/c1-5-6-12(15)17-14(16)13-10(3)7-9(2)8-11(13)4/h7-8H,5-6H2,1-4H3. The van der Waals surface area contributed by atoms with Crippen molar-refractivity contribution < 1.29 is 14.3 Å².